The number of amides is 5. The van der Waals surface area contributed by atoms with Crippen LogP contribution in [0, 0.1) is 5.53 Å². The van der Waals surface area contributed by atoms with E-state index < -0.39 is 29.7 Å². The van der Waals surface area contributed by atoms with E-state index in [0.29, 0.717) is 48.1 Å². The van der Waals surface area contributed by atoms with Gasteiger partial charge in [-0.15, -0.1) is 0 Å². The number of nitrogens with two attached hydrogens (primary N) is 1. The summed E-state index contributed by atoms with van der Waals surface area (Å²) >= 11 is 0. The van der Waals surface area contributed by atoms with E-state index in [1.165, 1.54) is 11.1 Å². The summed E-state index contributed by atoms with van der Waals surface area (Å²) in [4.78, 5) is 60.0. The molecule has 0 saturated carbocycles. The first kappa shape index (κ1) is 40.5. The highest BCUT2D eigenvalue weighted by molar-refractivity contribution is 6.24. The maximum absolute atomic E-state index is 13.3. The second-order valence-corrected chi connectivity index (χ2v) is 13.4. The van der Waals surface area contributed by atoms with E-state index in [2.05, 4.69) is 43.1 Å². The third kappa shape index (κ3) is 9.21. The summed E-state index contributed by atoms with van der Waals surface area (Å²) in [6, 6.07) is 15.1. The molecule has 3 aromatic rings. The zero-order valence-corrected chi connectivity index (χ0v) is 31.3. The number of nitrogens with one attached hydrogen (secondary N) is 2. The van der Waals surface area contributed by atoms with Gasteiger partial charge in [-0.05, 0) is 79.6 Å². The van der Waals surface area contributed by atoms with Gasteiger partial charge in [-0.3, -0.25) is 34.2 Å². The van der Waals surface area contributed by atoms with Crippen LogP contribution in [0.4, 0.5) is 5.69 Å². The van der Waals surface area contributed by atoms with Gasteiger partial charge < -0.3 is 24.7 Å². The quantitative estimate of drug-likeness (QED) is 0.0617. The molecule has 0 bridgehead atoms. The molecule has 0 radical (unpaired) electrons. The molecular formula is C39H46N6O9. The second-order valence-electron chi connectivity index (χ2n) is 13.4. The van der Waals surface area contributed by atoms with Crippen LogP contribution < -0.4 is 35.0 Å². The van der Waals surface area contributed by atoms with Crippen molar-refractivity contribution < 1.29 is 42.9 Å². The number of rotatable bonds is 14. The van der Waals surface area contributed by atoms with Crippen molar-refractivity contribution in [3.05, 3.63) is 82.5 Å². The maximum atomic E-state index is 13.3. The van der Waals surface area contributed by atoms with E-state index in [1.807, 2.05) is 25.1 Å². The Kier molecular flexibility index (Phi) is 13.5. The monoisotopic (exact) mass is 742 g/mol. The molecule has 5 rings (SSSR count). The number of fused-ring (bicyclic) bond motifs is 1. The number of ether oxygens (including phenoxy) is 4. The number of carbonyl (C=O) groups is 5. The van der Waals surface area contributed by atoms with Crippen molar-refractivity contribution in [2.75, 3.05) is 32.4 Å². The Morgan fingerprint density at radius 2 is 1.63 bits per heavy atom. The third-order valence-electron chi connectivity index (χ3n) is 8.77. The fourth-order valence-corrected chi connectivity index (χ4v) is 6.00. The van der Waals surface area contributed by atoms with Crippen LogP contribution in [0.1, 0.15) is 85.2 Å². The molecule has 286 valence electrons. The number of hydrogen-bond acceptors (Lipinski definition) is 11. The van der Waals surface area contributed by atoms with Crippen LogP contribution in [0.25, 0.3) is 6.08 Å². The van der Waals surface area contributed by atoms with E-state index in [4.69, 9.17) is 29.3 Å². The van der Waals surface area contributed by atoms with E-state index in [9.17, 15) is 19.2 Å². The van der Waals surface area contributed by atoms with Crippen molar-refractivity contribution in [1.29, 1.82) is 5.53 Å². The van der Waals surface area contributed by atoms with Gasteiger partial charge in [0.2, 0.25) is 18.2 Å². The number of nitrogens with zero attached hydrogens (tertiary/aromatic N) is 3. The minimum Gasteiger partial charge on any atom is -0.497 e. The Hall–Kier alpha value is -6.25. The predicted molar refractivity (Wildman–Crippen MR) is 200 cm³/mol. The average molecular weight is 743 g/mol. The molecule has 1 unspecified atom stereocenters. The van der Waals surface area contributed by atoms with Gasteiger partial charge in [-0.25, -0.2) is 5.01 Å². The molecule has 54 heavy (non-hydrogen) atoms. The van der Waals surface area contributed by atoms with Crippen LogP contribution in [-0.2, 0) is 19.8 Å². The van der Waals surface area contributed by atoms with Crippen LogP contribution >= 0.6 is 0 Å². The number of hydrogen-bond donors (Lipinski definition) is 3. The Morgan fingerprint density at radius 1 is 0.963 bits per heavy atom. The Morgan fingerprint density at radius 3 is 2.24 bits per heavy atom. The SMILES string of the molecule is COc1ccc(OC)c(N(N=N)/C(C)=C/c2cc(C(C)(C)C)ccc2OCCCCOc2cccc3c2C(=O)N(C2CCC(=O)NC2=O)C3=O)c1.NC=O. The highest BCUT2D eigenvalue weighted by atomic mass is 16.5. The molecule has 2 aliphatic rings. The average Bonchev–Trinajstić information content (AvgIpc) is 3.39. The largest absolute Gasteiger partial charge is 0.497 e. The molecule has 15 heteroatoms. The lowest BCUT2D eigenvalue weighted by Crippen LogP contribution is -2.54. The molecule has 2 heterocycles. The lowest BCUT2D eigenvalue weighted by atomic mass is 9.86. The summed E-state index contributed by atoms with van der Waals surface area (Å²) in [6.07, 6.45) is 3.51. The minimum atomic E-state index is -1.05. The molecule has 0 aromatic heterocycles. The molecule has 15 nitrogen and oxygen atoms in total. The molecule has 5 amide bonds. The standard InChI is InChI=1S/C38H43N5O8.CH3NO/c1-23(43(41-39)29-22-26(48-5)13-16-31(29)49-6)20-24-21-25(38(2,3)4)12-15-30(24)50-18-7-8-19-51-32-11-9-10-27-34(32)37(47)42(36(27)46)28-14-17-33(44)40-35(28)45;2-1-3/h9-13,15-16,20-22,28,39H,7-8,14,17-19H2,1-6H3,(H,40,44,45);1H,(H2,2,3)/b23-20+,41-39?;. The molecular weight excluding hydrogens is 696 g/mol. The first-order chi connectivity index (χ1) is 25.8. The zero-order chi connectivity index (χ0) is 39.6. The van der Waals surface area contributed by atoms with Crippen molar-refractivity contribution in [1.82, 2.24) is 10.2 Å². The Labute approximate surface area is 313 Å². The number of carbonyl (C=O) groups excluding carboxylic acids is 5. The first-order valence-electron chi connectivity index (χ1n) is 17.3. The Bertz CT molecular complexity index is 1940. The van der Waals surface area contributed by atoms with Crippen LogP contribution in [-0.4, -0.2) is 68.4 Å². The summed E-state index contributed by atoms with van der Waals surface area (Å²) in [5.41, 5.74) is 15.4. The third-order valence-corrected chi connectivity index (χ3v) is 8.77. The van der Waals surface area contributed by atoms with E-state index >= 15 is 0 Å². The highest BCUT2D eigenvalue weighted by Crippen LogP contribution is 2.37. The number of imide groups is 2. The molecule has 1 fully saturated rings. The van der Waals surface area contributed by atoms with Gasteiger partial charge in [0.15, 0.2) is 0 Å². The summed E-state index contributed by atoms with van der Waals surface area (Å²) in [6.45, 7) is 8.89. The van der Waals surface area contributed by atoms with Gasteiger partial charge in [0.05, 0.1) is 38.6 Å². The fourth-order valence-electron chi connectivity index (χ4n) is 6.00. The topological polar surface area (TPSA) is 203 Å². The molecule has 4 N–H and O–H groups in total. The van der Waals surface area contributed by atoms with Gasteiger partial charge >= 0.3 is 0 Å². The first-order valence-corrected chi connectivity index (χ1v) is 17.3. The van der Waals surface area contributed by atoms with Gasteiger partial charge in [0.1, 0.15) is 34.7 Å². The lowest BCUT2D eigenvalue weighted by molar-refractivity contribution is -0.136. The number of benzene rings is 3. The van der Waals surface area contributed by atoms with E-state index in [1.54, 1.807) is 44.6 Å². The number of primary amides is 1. The predicted octanol–water partition coefficient (Wildman–Crippen LogP) is 5.56. The second kappa shape index (κ2) is 18.0. The summed E-state index contributed by atoms with van der Waals surface area (Å²) < 4.78 is 23.2. The summed E-state index contributed by atoms with van der Waals surface area (Å²) in [7, 11) is 3.13. The van der Waals surface area contributed by atoms with Gasteiger partial charge in [0, 0.05) is 23.7 Å². The molecule has 2 aliphatic heterocycles. The van der Waals surface area contributed by atoms with Crippen LogP contribution in [0.2, 0.25) is 0 Å². The number of anilines is 1. The summed E-state index contributed by atoms with van der Waals surface area (Å²) in [5.74, 6) is -0.231. The van der Waals surface area contributed by atoms with Crippen molar-refractivity contribution in [3.63, 3.8) is 0 Å². The van der Waals surface area contributed by atoms with Crippen LogP contribution in [0.3, 0.4) is 0 Å². The fraction of sp³-hybridized carbons (Fsp3) is 0.359. The zero-order valence-electron chi connectivity index (χ0n) is 31.3. The van der Waals surface area contributed by atoms with E-state index in [-0.39, 0.29) is 48.2 Å². The van der Waals surface area contributed by atoms with Crippen molar-refractivity contribution in [2.45, 2.75) is 64.8 Å². The Balaban J connectivity index is 0.00000209. The van der Waals surface area contributed by atoms with Crippen molar-refractivity contribution in [3.8, 4) is 23.0 Å². The number of unbranched alkanes of at least 4 members (excludes halogenated alkanes) is 1. The van der Waals surface area contributed by atoms with Gasteiger partial charge in [0.25, 0.3) is 11.8 Å². The number of methoxy groups -OCH3 is 2. The normalized spacial score (nSPS) is 15.4. The minimum absolute atomic E-state index is 0.0470. The van der Waals surface area contributed by atoms with Crippen LogP contribution in [0.5, 0.6) is 23.0 Å². The highest BCUT2D eigenvalue weighted by Gasteiger charge is 2.46. The van der Waals surface area contributed by atoms with Crippen LogP contribution in [0.15, 0.2) is 65.5 Å². The number of piperidine rings is 1. The molecule has 1 saturated heterocycles. The molecule has 3 aromatic carbocycles. The number of allylic oxidation sites excluding steroid dienone is 1. The lowest BCUT2D eigenvalue weighted by Gasteiger charge is -2.27. The van der Waals surface area contributed by atoms with Crippen molar-refractivity contribution in [2.24, 2.45) is 11.0 Å². The molecule has 1 atom stereocenters. The maximum Gasteiger partial charge on any atom is 0.266 e. The molecule has 0 aliphatic carbocycles. The summed E-state index contributed by atoms with van der Waals surface area (Å²) in [5, 5.41) is 7.45. The van der Waals surface area contributed by atoms with Crippen molar-refractivity contribution >= 4 is 41.8 Å². The smallest absolute Gasteiger partial charge is 0.266 e. The molecule has 0 spiro atoms. The van der Waals surface area contributed by atoms with Gasteiger partial charge in [-0.1, -0.05) is 38.1 Å². The van der Waals surface area contributed by atoms with Gasteiger partial charge in [-0.2, -0.15) is 5.53 Å². The van der Waals surface area contributed by atoms with E-state index in [0.717, 1.165) is 16.0 Å².